The lowest BCUT2D eigenvalue weighted by Crippen LogP contribution is -2.21. The predicted octanol–water partition coefficient (Wildman–Crippen LogP) is 4.14. The molecule has 0 saturated carbocycles. The van der Waals surface area contributed by atoms with Crippen LogP contribution in [-0.2, 0) is 9.53 Å². The molecule has 0 aliphatic heterocycles. The predicted molar refractivity (Wildman–Crippen MR) is 107 cm³/mol. The summed E-state index contributed by atoms with van der Waals surface area (Å²) in [5.41, 5.74) is 2.20. The van der Waals surface area contributed by atoms with Crippen molar-refractivity contribution in [3.63, 3.8) is 0 Å². The first-order chi connectivity index (χ1) is 13.9. The van der Waals surface area contributed by atoms with Crippen LogP contribution in [0.3, 0.4) is 0 Å². The second-order valence-corrected chi connectivity index (χ2v) is 6.41. The van der Waals surface area contributed by atoms with Crippen molar-refractivity contribution in [1.29, 1.82) is 0 Å². The molecule has 0 aliphatic carbocycles. The summed E-state index contributed by atoms with van der Waals surface area (Å²) in [6.45, 7) is 5.16. The standard InChI is InChI=1S/C22H21NO6/c1-4-27-17-9-10-19-18(11-17)13(2)21(29-19)22(26)28-12-20(25)23-16-7-5-15(6-8-16)14(3)24/h5-11H,4,12H2,1-3H3,(H,23,25). The Morgan fingerprint density at radius 3 is 2.45 bits per heavy atom. The first-order valence-corrected chi connectivity index (χ1v) is 9.13. The van der Waals surface area contributed by atoms with Gasteiger partial charge in [0.05, 0.1) is 6.61 Å². The maximum absolute atomic E-state index is 12.4. The number of carbonyl (C=O) groups excluding carboxylic acids is 3. The molecule has 0 fully saturated rings. The number of furan rings is 1. The summed E-state index contributed by atoms with van der Waals surface area (Å²) in [7, 11) is 0. The zero-order valence-corrected chi connectivity index (χ0v) is 16.4. The molecule has 0 atom stereocenters. The maximum atomic E-state index is 12.4. The molecular weight excluding hydrogens is 374 g/mol. The van der Waals surface area contributed by atoms with Crippen LogP contribution >= 0.6 is 0 Å². The van der Waals surface area contributed by atoms with E-state index in [0.29, 0.717) is 34.8 Å². The van der Waals surface area contributed by atoms with Gasteiger partial charge in [-0.2, -0.15) is 0 Å². The third-order valence-electron chi connectivity index (χ3n) is 4.31. The molecule has 7 heteroatoms. The van der Waals surface area contributed by atoms with Crippen LogP contribution in [0.2, 0.25) is 0 Å². The smallest absolute Gasteiger partial charge is 0.375 e. The van der Waals surface area contributed by atoms with E-state index in [4.69, 9.17) is 13.9 Å². The minimum absolute atomic E-state index is 0.0484. The van der Waals surface area contributed by atoms with E-state index < -0.39 is 18.5 Å². The van der Waals surface area contributed by atoms with Crippen LogP contribution in [0, 0.1) is 6.92 Å². The van der Waals surface area contributed by atoms with E-state index in [1.165, 1.54) is 6.92 Å². The number of hydrogen-bond donors (Lipinski definition) is 1. The second kappa shape index (κ2) is 8.60. The van der Waals surface area contributed by atoms with E-state index >= 15 is 0 Å². The van der Waals surface area contributed by atoms with E-state index in [9.17, 15) is 14.4 Å². The lowest BCUT2D eigenvalue weighted by Gasteiger charge is -2.06. The van der Waals surface area contributed by atoms with Gasteiger partial charge in [0.1, 0.15) is 11.3 Å². The maximum Gasteiger partial charge on any atom is 0.375 e. The molecule has 150 valence electrons. The Morgan fingerprint density at radius 2 is 1.79 bits per heavy atom. The summed E-state index contributed by atoms with van der Waals surface area (Å²) in [5, 5.41) is 3.35. The number of ether oxygens (including phenoxy) is 2. The molecule has 7 nitrogen and oxygen atoms in total. The molecule has 0 spiro atoms. The van der Waals surface area contributed by atoms with Gasteiger partial charge >= 0.3 is 5.97 Å². The molecule has 29 heavy (non-hydrogen) atoms. The van der Waals surface area contributed by atoms with Crippen LogP contribution in [0.15, 0.2) is 46.9 Å². The molecule has 1 amide bonds. The second-order valence-electron chi connectivity index (χ2n) is 6.41. The monoisotopic (exact) mass is 395 g/mol. The number of benzene rings is 2. The molecule has 0 saturated heterocycles. The van der Waals surface area contributed by atoms with Crippen molar-refractivity contribution in [3.05, 3.63) is 59.4 Å². The summed E-state index contributed by atoms with van der Waals surface area (Å²) < 4.78 is 16.1. The zero-order chi connectivity index (χ0) is 21.0. The summed E-state index contributed by atoms with van der Waals surface area (Å²) in [5.74, 6) is -0.558. The highest BCUT2D eigenvalue weighted by Crippen LogP contribution is 2.29. The van der Waals surface area contributed by atoms with E-state index in [1.807, 2.05) is 6.92 Å². The Bertz CT molecular complexity index is 1060. The number of carbonyl (C=O) groups is 3. The highest BCUT2D eigenvalue weighted by Gasteiger charge is 2.20. The van der Waals surface area contributed by atoms with Gasteiger partial charge in [0, 0.05) is 22.2 Å². The molecule has 2 aromatic carbocycles. The number of anilines is 1. The summed E-state index contributed by atoms with van der Waals surface area (Å²) in [6.07, 6.45) is 0. The third-order valence-corrected chi connectivity index (χ3v) is 4.31. The Balaban J connectivity index is 1.63. The lowest BCUT2D eigenvalue weighted by molar-refractivity contribution is -0.119. The summed E-state index contributed by atoms with van der Waals surface area (Å²) in [6, 6.07) is 11.7. The average molecular weight is 395 g/mol. The van der Waals surface area contributed by atoms with Crippen LogP contribution in [0.4, 0.5) is 5.69 Å². The fourth-order valence-corrected chi connectivity index (χ4v) is 2.83. The molecule has 0 unspecified atom stereocenters. The number of fused-ring (bicyclic) bond motifs is 1. The van der Waals surface area contributed by atoms with E-state index in [0.717, 1.165) is 5.39 Å². The highest BCUT2D eigenvalue weighted by atomic mass is 16.5. The molecule has 1 heterocycles. The van der Waals surface area contributed by atoms with Gasteiger partial charge in [-0.3, -0.25) is 9.59 Å². The van der Waals surface area contributed by atoms with Crippen molar-refractivity contribution in [2.45, 2.75) is 20.8 Å². The van der Waals surface area contributed by atoms with Gasteiger partial charge in [-0.1, -0.05) is 0 Å². The lowest BCUT2D eigenvalue weighted by atomic mass is 10.1. The zero-order valence-electron chi connectivity index (χ0n) is 16.4. The normalized spacial score (nSPS) is 10.6. The average Bonchev–Trinajstić information content (AvgIpc) is 3.03. The van der Waals surface area contributed by atoms with Gasteiger partial charge in [0.15, 0.2) is 12.4 Å². The van der Waals surface area contributed by atoms with Gasteiger partial charge in [-0.25, -0.2) is 4.79 Å². The molecule has 1 aromatic heterocycles. The number of amides is 1. The molecule has 1 N–H and O–H groups in total. The first kappa shape index (κ1) is 20.1. The van der Waals surface area contributed by atoms with Crippen molar-refractivity contribution in [2.75, 3.05) is 18.5 Å². The molecule has 0 bridgehead atoms. The van der Waals surface area contributed by atoms with E-state index in [-0.39, 0.29) is 11.5 Å². The Labute approximate surface area is 167 Å². The van der Waals surface area contributed by atoms with Crippen molar-refractivity contribution >= 4 is 34.3 Å². The molecule has 3 rings (SSSR count). The van der Waals surface area contributed by atoms with Gasteiger partial charge in [-0.05, 0) is 63.2 Å². The van der Waals surface area contributed by atoms with Crippen LogP contribution in [-0.4, -0.2) is 30.9 Å². The molecule has 0 aliphatic rings. The largest absolute Gasteiger partial charge is 0.494 e. The third kappa shape index (κ3) is 4.63. The Morgan fingerprint density at radius 1 is 1.07 bits per heavy atom. The van der Waals surface area contributed by atoms with E-state index in [2.05, 4.69) is 5.32 Å². The van der Waals surface area contributed by atoms with Crippen LogP contribution in [0.25, 0.3) is 11.0 Å². The van der Waals surface area contributed by atoms with Gasteiger partial charge in [-0.15, -0.1) is 0 Å². The highest BCUT2D eigenvalue weighted by molar-refractivity contribution is 5.99. The van der Waals surface area contributed by atoms with E-state index in [1.54, 1.807) is 49.4 Å². The Hall–Kier alpha value is -3.61. The van der Waals surface area contributed by atoms with Gasteiger partial charge in [0.25, 0.3) is 5.91 Å². The number of hydrogen-bond acceptors (Lipinski definition) is 6. The number of nitrogens with one attached hydrogen (secondary N) is 1. The fraction of sp³-hybridized carbons (Fsp3) is 0.227. The summed E-state index contributed by atoms with van der Waals surface area (Å²) in [4.78, 5) is 35.7. The molecule has 3 aromatic rings. The first-order valence-electron chi connectivity index (χ1n) is 9.13. The molecule has 0 radical (unpaired) electrons. The molecular formula is C22H21NO6. The van der Waals surface area contributed by atoms with Gasteiger partial charge in [0.2, 0.25) is 5.76 Å². The Kier molecular flexibility index (Phi) is 5.97. The van der Waals surface area contributed by atoms with Crippen LogP contribution in [0.5, 0.6) is 5.75 Å². The van der Waals surface area contributed by atoms with Gasteiger partial charge < -0.3 is 19.2 Å². The number of ketones is 1. The van der Waals surface area contributed by atoms with Crippen molar-refractivity contribution in [3.8, 4) is 5.75 Å². The summed E-state index contributed by atoms with van der Waals surface area (Å²) >= 11 is 0. The van der Waals surface area contributed by atoms with Crippen molar-refractivity contribution in [2.24, 2.45) is 0 Å². The SMILES string of the molecule is CCOc1ccc2oc(C(=O)OCC(=O)Nc3ccc(C(C)=O)cc3)c(C)c2c1. The fourth-order valence-electron chi connectivity index (χ4n) is 2.83. The van der Waals surface area contributed by atoms with Crippen molar-refractivity contribution in [1.82, 2.24) is 0 Å². The minimum atomic E-state index is -0.723. The number of rotatable bonds is 7. The topological polar surface area (TPSA) is 94.8 Å². The van der Waals surface area contributed by atoms with Crippen molar-refractivity contribution < 1.29 is 28.3 Å². The number of aryl methyl sites for hydroxylation is 1. The quantitative estimate of drug-likeness (QED) is 0.477. The number of esters is 1. The minimum Gasteiger partial charge on any atom is -0.494 e. The number of Topliss-reactive ketones (excluding diaryl/α,β-unsaturated/α-hetero) is 1. The van der Waals surface area contributed by atoms with Crippen LogP contribution < -0.4 is 10.1 Å². The van der Waals surface area contributed by atoms with Crippen LogP contribution in [0.1, 0.15) is 40.3 Å².